The molecule has 2 rings (SSSR count). The largest absolute Gasteiger partial charge is 0.480 e. The molecule has 0 aliphatic carbocycles. The Morgan fingerprint density at radius 2 is 2.10 bits per heavy atom. The second-order valence-electron chi connectivity index (χ2n) is 4.83. The van der Waals surface area contributed by atoms with Crippen LogP contribution in [0.4, 0.5) is 0 Å². The molecule has 0 bridgehead atoms. The lowest BCUT2D eigenvalue weighted by Gasteiger charge is -2.35. The number of nitrogens with zero attached hydrogens (tertiary/aromatic N) is 1. The highest BCUT2D eigenvalue weighted by Crippen LogP contribution is 2.26. The molecule has 20 heavy (non-hydrogen) atoms. The van der Waals surface area contributed by atoms with Crippen molar-refractivity contribution >= 4 is 23.6 Å². The SMILES string of the molecule is CCC(C(=O)N1CCSCC1C(=O)O)c1ccccc1. The van der Waals surface area contributed by atoms with Crippen LogP contribution in [0.5, 0.6) is 0 Å². The molecular weight excluding hydrogens is 274 g/mol. The van der Waals surface area contributed by atoms with Crippen LogP contribution in [0.1, 0.15) is 24.8 Å². The molecule has 2 unspecified atom stereocenters. The third-order valence-electron chi connectivity index (χ3n) is 3.60. The summed E-state index contributed by atoms with van der Waals surface area (Å²) in [6.07, 6.45) is 0.679. The van der Waals surface area contributed by atoms with Crippen molar-refractivity contribution in [3.63, 3.8) is 0 Å². The van der Waals surface area contributed by atoms with Crippen LogP contribution in [0, 0.1) is 0 Å². The van der Waals surface area contributed by atoms with Gasteiger partial charge in [-0.1, -0.05) is 37.3 Å². The number of thioether (sulfide) groups is 1. The van der Waals surface area contributed by atoms with Gasteiger partial charge < -0.3 is 10.0 Å². The number of amides is 1. The Bertz CT molecular complexity index is 477. The lowest BCUT2D eigenvalue weighted by Crippen LogP contribution is -2.51. The Hall–Kier alpha value is -1.49. The van der Waals surface area contributed by atoms with Gasteiger partial charge in [0, 0.05) is 18.1 Å². The van der Waals surface area contributed by atoms with E-state index < -0.39 is 12.0 Å². The van der Waals surface area contributed by atoms with Crippen LogP contribution in [0.15, 0.2) is 30.3 Å². The molecule has 1 aliphatic rings. The third kappa shape index (κ3) is 3.15. The fraction of sp³-hybridized carbons (Fsp3) is 0.467. The lowest BCUT2D eigenvalue weighted by atomic mass is 9.94. The summed E-state index contributed by atoms with van der Waals surface area (Å²) in [7, 11) is 0. The first-order valence-electron chi connectivity index (χ1n) is 6.81. The zero-order chi connectivity index (χ0) is 14.5. The van der Waals surface area contributed by atoms with Gasteiger partial charge >= 0.3 is 5.97 Å². The number of carbonyl (C=O) groups is 2. The van der Waals surface area contributed by atoms with Gasteiger partial charge in [-0.2, -0.15) is 11.8 Å². The Morgan fingerprint density at radius 1 is 1.40 bits per heavy atom. The molecular formula is C15H19NO3S. The first kappa shape index (κ1) is 14.9. The van der Waals surface area contributed by atoms with Gasteiger partial charge in [0.1, 0.15) is 6.04 Å². The number of hydrogen-bond acceptors (Lipinski definition) is 3. The minimum absolute atomic E-state index is 0.0635. The Labute approximate surface area is 123 Å². The van der Waals surface area contributed by atoms with Crippen LogP contribution in [-0.2, 0) is 9.59 Å². The monoisotopic (exact) mass is 293 g/mol. The number of rotatable bonds is 4. The van der Waals surface area contributed by atoms with Gasteiger partial charge in [-0.25, -0.2) is 4.79 Å². The standard InChI is InChI=1S/C15H19NO3S/c1-2-12(11-6-4-3-5-7-11)14(17)16-8-9-20-10-13(16)15(18)19/h3-7,12-13H,2,8-10H2,1H3,(H,18,19). The van der Waals surface area contributed by atoms with Crippen LogP contribution in [0.25, 0.3) is 0 Å². The van der Waals surface area contributed by atoms with E-state index in [2.05, 4.69) is 0 Å². The van der Waals surface area contributed by atoms with Crippen LogP contribution < -0.4 is 0 Å². The van der Waals surface area contributed by atoms with E-state index in [1.165, 1.54) is 0 Å². The second-order valence-corrected chi connectivity index (χ2v) is 5.98. The molecule has 0 saturated carbocycles. The molecule has 4 nitrogen and oxygen atoms in total. The predicted molar refractivity (Wildman–Crippen MR) is 79.9 cm³/mol. The average Bonchev–Trinajstić information content (AvgIpc) is 2.49. The number of benzene rings is 1. The first-order valence-corrected chi connectivity index (χ1v) is 7.96. The zero-order valence-corrected chi connectivity index (χ0v) is 12.3. The van der Waals surface area contributed by atoms with Crippen molar-refractivity contribution in [3.8, 4) is 0 Å². The molecule has 1 aromatic carbocycles. The van der Waals surface area contributed by atoms with Crippen molar-refractivity contribution in [1.29, 1.82) is 0 Å². The van der Waals surface area contributed by atoms with Crippen molar-refractivity contribution < 1.29 is 14.7 Å². The van der Waals surface area contributed by atoms with E-state index in [1.54, 1.807) is 16.7 Å². The minimum Gasteiger partial charge on any atom is -0.480 e. The molecule has 108 valence electrons. The molecule has 5 heteroatoms. The van der Waals surface area contributed by atoms with Crippen molar-refractivity contribution in [2.75, 3.05) is 18.1 Å². The van der Waals surface area contributed by atoms with Gasteiger partial charge in [0.25, 0.3) is 0 Å². The number of hydrogen-bond donors (Lipinski definition) is 1. The van der Waals surface area contributed by atoms with Gasteiger partial charge in [0.2, 0.25) is 5.91 Å². The number of carbonyl (C=O) groups excluding carboxylic acids is 1. The van der Waals surface area contributed by atoms with E-state index in [0.29, 0.717) is 18.7 Å². The maximum absolute atomic E-state index is 12.7. The van der Waals surface area contributed by atoms with Crippen molar-refractivity contribution in [2.45, 2.75) is 25.3 Å². The maximum Gasteiger partial charge on any atom is 0.327 e. The maximum atomic E-state index is 12.7. The molecule has 0 aromatic heterocycles. The molecule has 0 spiro atoms. The summed E-state index contributed by atoms with van der Waals surface area (Å²) in [5.41, 5.74) is 0.961. The zero-order valence-electron chi connectivity index (χ0n) is 11.5. The Balaban J connectivity index is 2.21. The summed E-state index contributed by atoms with van der Waals surface area (Å²) in [5.74, 6) is 0.0635. The van der Waals surface area contributed by atoms with Crippen molar-refractivity contribution in [3.05, 3.63) is 35.9 Å². The summed E-state index contributed by atoms with van der Waals surface area (Å²) in [4.78, 5) is 25.5. The summed E-state index contributed by atoms with van der Waals surface area (Å²) in [5, 5.41) is 9.28. The molecule has 1 heterocycles. The molecule has 1 saturated heterocycles. The molecule has 1 aromatic rings. The van der Waals surface area contributed by atoms with Crippen LogP contribution in [0.3, 0.4) is 0 Å². The first-order chi connectivity index (χ1) is 9.65. The van der Waals surface area contributed by atoms with Crippen molar-refractivity contribution in [2.24, 2.45) is 0 Å². The van der Waals surface area contributed by atoms with E-state index in [-0.39, 0.29) is 11.8 Å². The summed E-state index contributed by atoms with van der Waals surface area (Å²) in [6, 6.07) is 8.90. The van der Waals surface area contributed by atoms with Crippen LogP contribution in [-0.4, -0.2) is 46.0 Å². The van der Waals surface area contributed by atoms with Gasteiger partial charge in [-0.3, -0.25) is 4.79 Å². The summed E-state index contributed by atoms with van der Waals surface area (Å²) < 4.78 is 0. The summed E-state index contributed by atoms with van der Waals surface area (Å²) >= 11 is 1.59. The van der Waals surface area contributed by atoms with E-state index in [1.807, 2.05) is 37.3 Å². The molecule has 1 fully saturated rings. The second kappa shape index (κ2) is 6.79. The van der Waals surface area contributed by atoms with Gasteiger partial charge in [-0.05, 0) is 12.0 Å². The van der Waals surface area contributed by atoms with Crippen LogP contribution >= 0.6 is 11.8 Å². The highest BCUT2D eigenvalue weighted by atomic mass is 32.2. The predicted octanol–water partition coefficient (Wildman–Crippen LogP) is 2.21. The van der Waals surface area contributed by atoms with E-state index in [0.717, 1.165) is 11.3 Å². The molecule has 0 radical (unpaired) electrons. The smallest absolute Gasteiger partial charge is 0.327 e. The molecule has 2 atom stereocenters. The molecule has 1 aliphatic heterocycles. The minimum atomic E-state index is -0.909. The normalized spacial score (nSPS) is 20.4. The average molecular weight is 293 g/mol. The summed E-state index contributed by atoms with van der Waals surface area (Å²) in [6.45, 7) is 2.48. The Morgan fingerprint density at radius 3 is 2.70 bits per heavy atom. The highest BCUT2D eigenvalue weighted by molar-refractivity contribution is 7.99. The Kier molecular flexibility index (Phi) is 5.06. The number of carboxylic acids is 1. The lowest BCUT2D eigenvalue weighted by molar-refractivity contribution is -0.149. The fourth-order valence-electron chi connectivity index (χ4n) is 2.51. The van der Waals surface area contributed by atoms with E-state index in [4.69, 9.17) is 0 Å². The third-order valence-corrected chi connectivity index (χ3v) is 4.63. The van der Waals surface area contributed by atoms with Gasteiger partial charge in [-0.15, -0.1) is 0 Å². The van der Waals surface area contributed by atoms with E-state index >= 15 is 0 Å². The van der Waals surface area contributed by atoms with Crippen molar-refractivity contribution in [1.82, 2.24) is 4.90 Å². The molecule has 1 amide bonds. The number of carboxylic acid groups (broad SMARTS) is 1. The molecule has 1 N–H and O–H groups in total. The topological polar surface area (TPSA) is 57.6 Å². The quantitative estimate of drug-likeness (QED) is 0.924. The fourth-order valence-corrected chi connectivity index (χ4v) is 3.55. The van der Waals surface area contributed by atoms with Gasteiger partial charge in [0.15, 0.2) is 0 Å². The highest BCUT2D eigenvalue weighted by Gasteiger charge is 2.35. The van der Waals surface area contributed by atoms with Gasteiger partial charge in [0.05, 0.1) is 5.92 Å². The number of aliphatic carboxylic acids is 1. The van der Waals surface area contributed by atoms with Crippen LogP contribution in [0.2, 0.25) is 0 Å². The van der Waals surface area contributed by atoms with E-state index in [9.17, 15) is 14.7 Å².